The smallest absolute Gasteiger partial charge is 0.243 e. The number of hydrogen-bond donors (Lipinski definition) is 1. The van der Waals surface area contributed by atoms with Gasteiger partial charge >= 0.3 is 0 Å². The molecule has 1 saturated heterocycles. The third-order valence-corrected chi connectivity index (χ3v) is 6.59. The molecular formula is C20H22F2N2O4S. The van der Waals surface area contributed by atoms with Gasteiger partial charge in [0.25, 0.3) is 0 Å². The highest BCUT2D eigenvalue weighted by atomic mass is 32.2. The molecule has 0 aromatic heterocycles. The minimum atomic E-state index is -3.78. The number of piperidine rings is 1. The molecule has 0 unspecified atom stereocenters. The van der Waals surface area contributed by atoms with Crippen LogP contribution in [0, 0.1) is 17.6 Å². The number of ether oxygens (including phenoxy) is 1. The number of carbonyl (C=O) groups is 1. The van der Waals surface area contributed by atoms with Crippen LogP contribution in [0.2, 0.25) is 0 Å². The second-order valence-electron chi connectivity index (χ2n) is 6.72. The summed E-state index contributed by atoms with van der Waals surface area (Å²) in [5.74, 6) is -2.07. The van der Waals surface area contributed by atoms with Crippen molar-refractivity contribution < 1.29 is 26.7 Å². The van der Waals surface area contributed by atoms with E-state index in [1.807, 2.05) is 6.92 Å². The zero-order valence-corrected chi connectivity index (χ0v) is 16.7. The summed E-state index contributed by atoms with van der Waals surface area (Å²) in [5, 5.41) is 2.36. The Morgan fingerprint density at radius 3 is 2.62 bits per heavy atom. The molecule has 2 aromatic rings. The van der Waals surface area contributed by atoms with Gasteiger partial charge in [-0.1, -0.05) is 0 Å². The predicted molar refractivity (Wildman–Crippen MR) is 104 cm³/mol. The Kier molecular flexibility index (Phi) is 6.49. The Morgan fingerprint density at radius 1 is 1.21 bits per heavy atom. The number of halogens is 2. The quantitative estimate of drug-likeness (QED) is 0.771. The van der Waals surface area contributed by atoms with Crippen molar-refractivity contribution in [3.05, 3.63) is 54.1 Å². The van der Waals surface area contributed by atoms with Crippen LogP contribution in [-0.4, -0.2) is 38.3 Å². The van der Waals surface area contributed by atoms with Crippen molar-refractivity contribution in [3.63, 3.8) is 0 Å². The molecule has 6 nitrogen and oxygen atoms in total. The van der Waals surface area contributed by atoms with Gasteiger partial charge in [-0.2, -0.15) is 4.31 Å². The number of amides is 1. The van der Waals surface area contributed by atoms with Crippen LogP contribution in [0.1, 0.15) is 19.8 Å². The summed E-state index contributed by atoms with van der Waals surface area (Å²) in [6.07, 6.45) is 0.943. The summed E-state index contributed by atoms with van der Waals surface area (Å²) in [6.45, 7) is 2.56. The van der Waals surface area contributed by atoms with Crippen LogP contribution in [0.5, 0.6) is 5.75 Å². The minimum Gasteiger partial charge on any atom is -0.494 e. The number of benzene rings is 2. The zero-order valence-electron chi connectivity index (χ0n) is 15.9. The van der Waals surface area contributed by atoms with Crippen LogP contribution in [0.25, 0.3) is 0 Å². The number of hydrogen-bond acceptors (Lipinski definition) is 4. The molecule has 2 aromatic carbocycles. The van der Waals surface area contributed by atoms with Crippen LogP contribution in [0.15, 0.2) is 47.4 Å². The van der Waals surface area contributed by atoms with Gasteiger partial charge in [0.2, 0.25) is 15.9 Å². The highest BCUT2D eigenvalue weighted by Gasteiger charge is 2.33. The molecule has 0 aliphatic carbocycles. The van der Waals surface area contributed by atoms with Gasteiger partial charge in [-0.3, -0.25) is 4.79 Å². The van der Waals surface area contributed by atoms with Crippen molar-refractivity contribution >= 4 is 21.6 Å². The normalized spacial score (nSPS) is 17.7. The second-order valence-corrected chi connectivity index (χ2v) is 8.66. The van der Waals surface area contributed by atoms with E-state index >= 15 is 0 Å². The third-order valence-electron chi connectivity index (χ3n) is 4.71. The van der Waals surface area contributed by atoms with E-state index in [9.17, 15) is 22.0 Å². The monoisotopic (exact) mass is 424 g/mol. The maximum atomic E-state index is 13.8. The van der Waals surface area contributed by atoms with Gasteiger partial charge in [0.05, 0.1) is 23.1 Å². The van der Waals surface area contributed by atoms with Gasteiger partial charge in [-0.05, 0) is 56.2 Å². The van der Waals surface area contributed by atoms with E-state index < -0.39 is 33.5 Å². The first-order valence-electron chi connectivity index (χ1n) is 9.30. The number of sulfonamides is 1. The van der Waals surface area contributed by atoms with E-state index in [1.165, 1.54) is 16.4 Å². The average Bonchev–Trinajstić information content (AvgIpc) is 2.71. The molecule has 1 fully saturated rings. The second kappa shape index (κ2) is 8.87. The predicted octanol–water partition coefficient (Wildman–Crippen LogP) is 3.40. The molecule has 1 atom stereocenters. The highest BCUT2D eigenvalue weighted by Crippen LogP contribution is 2.26. The molecule has 29 heavy (non-hydrogen) atoms. The molecule has 0 bridgehead atoms. The molecule has 9 heteroatoms. The van der Waals surface area contributed by atoms with Gasteiger partial charge in [-0.25, -0.2) is 17.2 Å². The molecule has 1 aliphatic heterocycles. The van der Waals surface area contributed by atoms with Gasteiger partial charge in [0.15, 0.2) is 0 Å². The minimum absolute atomic E-state index is 0.0295. The number of anilines is 1. The lowest BCUT2D eigenvalue weighted by Crippen LogP contribution is -2.43. The molecule has 3 rings (SSSR count). The highest BCUT2D eigenvalue weighted by molar-refractivity contribution is 7.89. The number of nitrogens with one attached hydrogen (secondary N) is 1. The van der Waals surface area contributed by atoms with Crippen LogP contribution in [-0.2, 0) is 14.8 Å². The van der Waals surface area contributed by atoms with Crippen LogP contribution < -0.4 is 10.1 Å². The van der Waals surface area contributed by atoms with Crippen molar-refractivity contribution in [1.82, 2.24) is 4.31 Å². The fraction of sp³-hybridized carbons (Fsp3) is 0.350. The van der Waals surface area contributed by atoms with Crippen molar-refractivity contribution in [2.75, 3.05) is 25.0 Å². The molecule has 1 N–H and O–H groups in total. The molecule has 1 amide bonds. The van der Waals surface area contributed by atoms with Gasteiger partial charge < -0.3 is 10.1 Å². The van der Waals surface area contributed by atoms with Crippen molar-refractivity contribution in [2.45, 2.75) is 24.7 Å². The number of carbonyl (C=O) groups excluding carboxylic acids is 1. The Morgan fingerprint density at radius 2 is 1.93 bits per heavy atom. The van der Waals surface area contributed by atoms with E-state index in [-0.39, 0.29) is 23.7 Å². The zero-order chi connectivity index (χ0) is 21.0. The van der Waals surface area contributed by atoms with E-state index in [4.69, 9.17) is 4.74 Å². The van der Waals surface area contributed by atoms with Crippen molar-refractivity contribution in [2.24, 2.45) is 5.92 Å². The van der Waals surface area contributed by atoms with Crippen molar-refractivity contribution in [3.8, 4) is 5.75 Å². The lowest BCUT2D eigenvalue weighted by molar-refractivity contribution is -0.120. The number of rotatable bonds is 6. The summed E-state index contributed by atoms with van der Waals surface area (Å²) in [7, 11) is -3.78. The third kappa shape index (κ3) is 4.91. The summed E-state index contributed by atoms with van der Waals surface area (Å²) in [5.41, 5.74) is -0.263. The van der Waals surface area contributed by atoms with E-state index in [0.29, 0.717) is 25.2 Å². The van der Waals surface area contributed by atoms with Gasteiger partial charge in [0.1, 0.15) is 17.4 Å². The largest absolute Gasteiger partial charge is 0.494 e. The average molecular weight is 424 g/mol. The summed E-state index contributed by atoms with van der Waals surface area (Å²) in [6, 6.07) is 8.86. The summed E-state index contributed by atoms with van der Waals surface area (Å²) >= 11 is 0. The molecule has 1 aliphatic rings. The van der Waals surface area contributed by atoms with Gasteiger partial charge in [0, 0.05) is 19.2 Å². The molecule has 1 heterocycles. The van der Waals surface area contributed by atoms with Crippen LogP contribution in [0.3, 0.4) is 0 Å². The fourth-order valence-corrected chi connectivity index (χ4v) is 4.75. The van der Waals surface area contributed by atoms with Gasteiger partial charge in [-0.15, -0.1) is 0 Å². The Balaban J connectivity index is 1.72. The van der Waals surface area contributed by atoms with Crippen LogP contribution in [0.4, 0.5) is 14.5 Å². The van der Waals surface area contributed by atoms with E-state index in [1.54, 1.807) is 12.1 Å². The maximum Gasteiger partial charge on any atom is 0.243 e. The van der Waals surface area contributed by atoms with Crippen molar-refractivity contribution in [1.29, 1.82) is 0 Å². The SMILES string of the molecule is CCOc1ccc(S(=O)(=O)N2CCC[C@@H](C(=O)Nc3cc(F)ccc3F)C2)cc1. The maximum absolute atomic E-state index is 13.8. The lowest BCUT2D eigenvalue weighted by atomic mass is 9.98. The Hall–Kier alpha value is -2.52. The van der Waals surface area contributed by atoms with Crippen LogP contribution >= 0.6 is 0 Å². The number of nitrogens with zero attached hydrogens (tertiary/aromatic N) is 1. The van der Waals surface area contributed by atoms with E-state index in [0.717, 1.165) is 18.2 Å². The van der Waals surface area contributed by atoms with E-state index in [2.05, 4.69) is 5.32 Å². The lowest BCUT2D eigenvalue weighted by Gasteiger charge is -2.31. The molecule has 156 valence electrons. The summed E-state index contributed by atoms with van der Waals surface area (Å²) < 4.78 is 59.5. The molecular weight excluding hydrogens is 402 g/mol. The summed E-state index contributed by atoms with van der Waals surface area (Å²) in [4.78, 5) is 12.6. The fourth-order valence-electron chi connectivity index (χ4n) is 3.23. The molecule has 0 saturated carbocycles. The Bertz CT molecular complexity index is 980. The molecule has 0 spiro atoms. The Labute approximate surface area is 168 Å². The first kappa shape index (κ1) is 21.2. The first-order valence-corrected chi connectivity index (χ1v) is 10.7. The molecule has 0 radical (unpaired) electrons. The topological polar surface area (TPSA) is 75.7 Å². The first-order chi connectivity index (χ1) is 13.8. The standard InChI is InChI=1S/C20H22F2N2O4S/c1-2-28-16-6-8-17(9-7-16)29(26,27)24-11-3-4-14(13-24)20(25)23-19-12-15(21)5-10-18(19)22/h5-10,12,14H,2-4,11,13H2,1H3,(H,23,25)/t14-/m1/s1.